The van der Waals surface area contributed by atoms with E-state index in [-0.39, 0.29) is 11.9 Å². The van der Waals surface area contributed by atoms with Crippen molar-refractivity contribution < 1.29 is 9.32 Å². The molecule has 1 atom stereocenters. The first-order valence-corrected chi connectivity index (χ1v) is 8.64. The highest BCUT2D eigenvalue weighted by Gasteiger charge is 2.25. The van der Waals surface area contributed by atoms with Gasteiger partial charge in [-0.25, -0.2) is 0 Å². The average molecular weight is 343 g/mol. The molecule has 1 aromatic carbocycles. The molecule has 1 N–H and O–H groups in total. The Hall–Kier alpha value is -2.25. The standard InChI is InChI=1S/C18H25N5O2/c1-13-4-6-15(7-5-13)17-20-16(25-21-17)12-22-8-10-23(11-9-22)14(2)18(24)19-3/h4-7,14H,8-12H2,1-3H3,(H,19,24). The monoisotopic (exact) mass is 343 g/mol. The maximum absolute atomic E-state index is 11.7. The van der Waals surface area contributed by atoms with Gasteiger partial charge in [-0.2, -0.15) is 4.98 Å². The third-order valence-corrected chi connectivity index (χ3v) is 4.72. The van der Waals surface area contributed by atoms with E-state index < -0.39 is 0 Å². The van der Waals surface area contributed by atoms with Gasteiger partial charge in [-0.3, -0.25) is 14.6 Å². The highest BCUT2D eigenvalue weighted by molar-refractivity contribution is 5.80. The van der Waals surface area contributed by atoms with Crippen LogP contribution in [0.2, 0.25) is 0 Å². The van der Waals surface area contributed by atoms with Gasteiger partial charge in [0, 0.05) is 38.8 Å². The molecule has 1 aromatic heterocycles. The van der Waals surface area contributed by atoms with Crippen LogP contribution in [0.4, 0.5) is 0 Å². The van der Waals surface area contributed by atoms with Gasteiger partial charge in [0.1, 0.15) is 0 Å². The number of hydrogen-bond acceptors (Lipinski definition) is 6. The molecule has 134 valence electrons. The first kappa shape index (κ1) is 17.6. The summed E-state index contributed by atoms with van der Waals surface area (Å²) in [7, 11) is 1.68. The van der Waals surface area contributed by atoms with Crippen molar-refractivity contribution in [1.29, 1.82) is 0 Å². The van der Waals surface area contributed by atoms with Crippen LogP contribution < -0.4 is 5.32 Å². The molecule has 25 heavy (non-hydrogen) atoms. The molecular formula is C18H25N5O2. The zero-order chi connectivity index (χ0) is 17.8. The Balaban J connectivity index is 1.54. The molecule has 1 aliphatic heterocycles. The van der Waals surface area contributed by atoms with Gasteiger partial charge in [0.05, 0.1) is 12.6 Å². The summed E-state index contributed by atoms with van der Waals surface area (Å²) in [5.74, 6) is 1.32. The SMILES string of the molecule is CNC(=O)C(C)N1CCN(Cc2nc(-c3ccc(C)cc3)no2)CC1. The molecule has 0 saturated carbocycles. The first-order valence-electron chi connectivity index (χ1n) is 8.64. The Bertz CT molecular complexity index is 705. The lowest BCUT2D eigenvalue weighted by molar-refractivity contribution is -0.126. The van der Waals surface area contributed by atoms with E-state index in [0.717, 1.165) is 31.7 Å². The molecular weight excluding hydrogens is 318 g/mol. The van der Waals surface area contributed by atoms with E-state index in [1.165, 1.54) is 5.56 Å². The van der Waals surface area contributed by atoms with E-state index in [4.69, 9.17) is 4.52 Å². The van der Waals surface area contributed by atoms with Crippen LogP contribution in [0, 0.1) is 6.92 Å². The predicted octanol–water partition coefficient (Wildman–Crippen LogP) is 1.30. The molecule has 1 fully saturated rings. The molecule has 2 aromatic rings. The number of piperazine rings is 1. The van der Waals surface area contributed by atoms with E-state index >= 15 is 0 Å². The molecule has 2 heterocycles. The van der Waals surface area contributed by atoms with Crippen molar-refractivity contribution in [2.75, 3.05) is 33.2 Å². The third-order valence-electron chi connectivity index (χ3n) is 4.72. The summed E-state index contributed by atoms with van der Waals surface area (Å²) in [6.07, 6.45) is 0. The Kier molecular flexibility index (Phi) is 5.45. The maximum Gasteiger partial charge on any atom is 0.241 e. The highest BCUT2D eigenvalue weighted by atomic mass is 16.5. The number of benzene rings is 1. The van der Waals surface area contributed by atoms with Gasteiger partial charge in [0.15, 0.2) is 0 Å². The molecule has 1 saturated heterocycles. The van der Waals surface area contributed by atoms with Crippen molar-refractivity contribution in [3.05, 3.63) is 35.7 Å². The largest absolute Gasteiger partial charge is 0.358 e. The highest BCUT2D eigenvalue weighted by Crippen LogP contribution is 2.17. The average Bonchev–Trinajstić information content (AvgIpc) is 3.10. The minimum atomic E-state index is -0.0938. The lowest BCUT2D eigenvalue weighted by Gasteiger charge is -2.36. The fourth-order valence-electron chi connectivity index (χ4n) is 3.01. The normalized spacial score (nSPS) is 17.4. The van der Waals surface area contributed by atoms with Crippen molar-refractivity contribution in [2.45, 2.75) is 26.4 Å². The minimum Gasteiger partial charge on any atom is -0.358 e. The maximum atomic E-state index is 11.7. The molecule has 1 aliphatic rings. The van der Waals surface area contributed by atoms with Crippen molar-refractivity contribution in [3.8, 4) is 11.4 Å². The molecule has 0 bridgehead atoms. The lowest BCUT2D eigenvalue weighted by atomic mass is 10.1. The van der Waals surface area contributed by atoms with E-state index in [1.54, 1.807) is 7.05 Å². The Labute approximate surface area is 148 Å². The smallest absolute Gasteiger partial charge is 0.241 e. The fourth-order valence-corrected chi connectivity index (χ4v) is 3.01. The Morgan fingerprint density at radius 3 is 2.56 bits per heavy atom. The molecule has 0 spiro atoms. The second kappa shape index (κ2) is 7.76. The van der Waals surface area contributed by atoms with Crippen LogP contribution in [0.25, 0.3) is 11.4 Å². The van der Waals surface area contributed by atoms with Crippen LogP contribution in [0.5, 0.6) is 0 Å². The summed E-state index contributed by atoms with van der Waals surface area (Å²) in [5, 5.41) is 6.79. The molecule has 1 unspecified atom stereocenters. The fraction of sp³-hybridized carbons (Fsp3) is 0.500. The summed E-state index contributed by atoms with van der Waals surface area (Å²) in [5.41, 5.74) is 2.17. The van der Waals surface area contributed by atoms with Crippen LogP contribution in [0.3, 0.4) is 0 Å². The van der Waals surface area contributed by atoms with Crippen molar-refractivity contribution in [3.63, 3.8) is 0 Å². The van der Waals surface area contributed by atoms with Crippen molar-refractivity contribution in [2.24, 2.45) is 0 Å². The second-order valence-corrected chi connectivity index (χ2v) is 6.48. The molecule has 3 rings (SSSR count). The number of carbonyl (C=O) groups excluding carboxylic acids is 1. The number of nitrogens with zero attached hydrogens (tertiary/aromatic N) is 4. The van der Waals surface area contributed by atoms with Crippen LogP contribution in [-0.2, 0) is 11.3 Å². The van der Waals surface area contributed by atoms with Gasteiger partial charge in [-0.05, 0) is 13.8 Å². The Morgan fingerprint density at radius 1 is 1.24 bits per heavy atom. The number of aromatic nitrogens is 2. The zero-order valence-electron chi connectivity index (χ0n) is 15.0. The van der Waals surface area contributed by atoms with E-state index in [9.17, 15) is 4.79 Å². The topological polar surface area (TPSA) is 74.5 Å². The van der Waals surface area contributed by atoms with Crippen LogP contribution in [-0.4, -0.2) is 65.1 Å². The van der Waals surface area contributed by atoms with Crippen LogP contribution >= 0.6 is 0 Å². The zero-order valence-corrected chi connectivity index (χ0v) is 15.0. The van der Waals surface area contributed by atoms with Crippen molar-refractivity contribution in [1.82, 2.24) is 25.3 Å². The molecule has 0 radical (unpaired) electrons. The number of rotatable bonds is 5. The van der Waals surface area contributed by atoms with Crippen molar-refractivity contribution >= 4 is 5.91 Å². The number of likely N-dealkylation sites (N-methyl/N-ethyl adjacent to an activating group) is 1. The van der Waals surface area contributed by atoms with Gasteiger partial charge in [0.2, 0.25) is 17.6 Å². The van der Waals surface area contributed by atoms with E-state index in [2.05, 4.69) is 32.2 Å². The van der Waals surface area contributed by atoms with Gasteiger partial charge < -0.3 is 9.84 Å². The number of nitrogens with one attached hydrogen (secondary N) is 1. The summed E-state index contributed by atoms with van der Waals surface area (Å²) in [6, 6.07) is 7.99. The number of carbonyl (C=O) groups is 1. The Morgan fingerprint density at radius 2 is 1.92 bits per heavy atom. The lowest BCUT2D eigenvalue weighted by Crippen LogP contribution is -2.53. The number of aryl methyl sites for hydroxylation is 1. The van der Waals surface area contributed by atoms with Crippen LogP contribution in [0.15, 0.2) is 28.8 Å². The minimum absolute atomic E-state index is 0.0630. The number of amides is 1. The molecule has 7 nitrogen and oxygen atoms in total. The third kappa shape index (κ3) is 4.24. The predicted molar refractivity (Wildman–Crippen MR) is 94.8 cm³/mol. The molecule has 0 aliphatic carbocycles. The van der Waals surface area contributed by atoms with Gasteiger partial charge in [0.25, 0.3) is 0 Å². The second-order valence-electron chi connectivity index (χ2n) is 6.48. The number of hydrogen-bond donors (Lipinski definition) is 1. The summed E-state index contributed by atoms with van der Waals surface area (Å²) >= 11 is 0. The van der Waals surface area contributed by atoms with Gasteiger partial charge in [-0.15, -0.1) is 0 Å². The van der Waals surface area contributed by atoms with E-state index in [1.807, 2.05) is 31.2 Å². The molecule has 7 heteroatoms. The van der Waals surface area contributed by atoms with E-state index in [0.29, 0.717) is 18.3 Å². The first-order chi connectivity index (χ1) is 12.1. The summed E-state index contributed by atoms with van der Waals surface area (Å²) < 4.78 is 5.40. The summed E-state index contributed by atoms with van der Waals surface area (Å²) in [4.78, 5) is 20.7. The van der Waals surface area contributed by atoms with Gasteiger partial charge in [-0.1, -0.05) is 35.0 Å². The summed E-state index contributed by atoms with van der Waals surface area (Å²) in [6.45, 7) is 8.10. The van der Waals surface area contributed by atoms with Gasteiger partial charge >= 0.3 is 0 Å². The molecule has 1 amide bonds. The van der Waals surface area contributed by atoms with Crippen LogP contribution in [0.1, 0.15) is 18.4 Å². The quantitative estimate of drug-likeness (QED) is 0.882.